The summed E-state index contributed by atoms with van der Waals surface area (Å²) in [4.78, 5) is 0. The van der Waals surface area contributed by atoms with Crippen LogP contribution in [-0.2, 0) is 29.1 Å². The molecule has 12 N–H and O–H groups in total. The van der Waals surface area contributed by atoms with Gasteiger partial charge in [-0.3, -0.25) is 0 Å². The molecule has 0 radical (unpaired) electrons. The number of rotatable bonds is 8. The SMILES string of the molecule is N[C@@H]1C[C@H](N)[C@@H](OCc2ccc(Cc3ccc(CO[C@H]4[C@H](O)[C@@H](O)[C@H](N)C[C@@H]4N)cc3)cc2)[C@H](O)[C@H]1O. The van der Waals surface area contributed by atoms with Gasteiger partial charge in [0.2, 0.25) is 0 Å². The molecule has 10 atom stereocenters. The van der Waals surface area contributed by atoms with Crippen LogP contribution in [0.3, 0.4) is 0 Å². The van der Waals surface area contributed by atoms with Gasteiger partial charge in [-0.25, -0.2) is 0 Å². The van der Waals surface area contributed by atoms with Crippen molar-refractivity contribution >= 4 is 0 Å². The van der Waals surface area contributed by atoms with Crippen molar-refractivity contribution in [2.45, 2.75) is 93.3 Å². The second-order valence-corrected chi connectivity index (χ2v) is 10.5. The van der Waals surface area contributed by atoms with Crippen molar-refractivity contribution in [2.75, 3.05) is 0 Å². The Bertz CT molecular complexity index is 914. The quantitative estimate of drug-likeness (QED) is 0.206. The molecule has 10 heteroatoms. The van der Waals surface area contributed by atoms with E-state index in [1.165, 1.54) is 0 Å². The number of aliphatic hydroxyl groups is 4. The smallest absolute Gasteiger partial charge is 0.109 e. The van der Waals surface area contributed by atoms with E-state index in [2.05, 4.69) is 0 Å². The molecule has 0 bridgehead atoms. The van der Waals surface area contributed by atoms with E-state index in [0.29, 0.717) is 12.8 Å². The highest BCUT2D eigenvalue weighted by atomic mass is 16.5. The molecule has 4 rings (SSSR count). The van der Waals surface area contributed by atoms with E-state index in [1.807, 2.05) is 48.5 Å². The molecule has 0 amide bonds. The van der Waals surface area contributed by atoms with Crippen molar-refractivity contribution in [3.63, 3.8) is 0 Å². The Labute approximate surface area is 217 Å². The Kier molecular flexibility index (Phi) is 9.30. The highest BCUT2D eigenvalue weighted by molar-refractivity contribution is 5.30. The van der Waals surface area contributed by atoms with Crippen LogP contribution in [-0.4, -0.2) is 81.2 Å². The second kappa shape index (κ2) is 12.3. The first-order valence-electron chi connectivity index (χ1n) is 12.8. The fraction of sp³-hybridized carbons (Fsp3) is 0.556. The summed E-state index contributed by atoms with van der Waals surface area (Å²) in [6.45, 7) is 0.545. The highest BCUT2D eigenvalue weighted by Gasteiger charge is 2.42. The average molecular weight is 517 g/mol. The number of nitrogens with two attached hydrogens (primary N) is 4. The summed E-state index contributed by atoms with van der Waals surface area (Å²) in [7, 11) is 0. The molecule has 2 saturated carbocycles. The zero-order valence-corrected chi connectivity index (χ0v) is 20.8. The molecule has 204 valence electrons. The lowest BCUT2D eigenvalue weighted by atomic mass is 9.85. The first-order chi connectivity index (χ1) is 17.6. The van der Waals surface area contributed by atoms with Gasteiger partial charge < -0.3 is 52.8 Å². The normalized spacial score (nSPS) is 36.4. The van der Waals surface area contributed by atoms with Crippen molar-refractivity contribution in [1.29, 1.82) is 0 Å². The molecule has 0 aliphatic heterocycles. The number of hydrogen-bond donors (Lipinski definition) is 8. The fourth-order valence-corrected chi connectivity index (χ4v) is 5.15. The molecule has 2 aliphatic rings. The molecular formula is C27H40N4O6. The van der Waals surface area contributed by atoms with Gasteiger partial charge in [-0.1, -0.05) is 48.5 Å². The standard InChI is InChI=1S/C27H40N4O6/c28-18-10-20(30)26(24(34)22(18)32)36-12-16-5-1-14(2-6-16)9-15-3-7-17(8-4-15)13-37-27-21(31)11-19(29)23(33)25(27)35/h1-8,18-27,32-35H,9-13,28-31H2/t18-,19-,20+,21+,22+,23+,24-,25-,26-,27-/m1/s1. The molecule has 37 heavy (non-hydrogen) atoms. The zero-order valence-electron chi connectivity index (χ0n) is 20.8. The lowest BCUT2D eigenvalue weighted by Gasteiger charge is -2.39. The monoisotopic (exact) mass is 516 g/mol. The molecule has 0 saturated heterocycles. The minimum atomic E-state index is -1.11. The Morgan fingerprint density at radius 3 is 1.19 bits per heavy atom. The molecule has 0 heterocycles. The number of aliphatic hydroxyl groups excluding tert-OH is 4. The molecule has 2 aromatic rings. The van der Waals surface area contributed by atoms with Crippen molar-refractivity contribution in [2.24, 2.45) is 22.9 Å². The predicted octanol–water partition coefficient (Wildman–Crippen LogP) is -1.39. The minimum Gasteiger partial charge on any atom is -0.389 e. The Morgan fingerprint density at radius 2 is 0.838 bits per heavy atom. The third-order valence-corrected chi connectivity index (χ3v) is 7.52. The van der Waals surface area contributed by atoms with Crippen LogP contribution < -0.4 is 22.9 Å². The van der Waals surface area contributed by atoms with Gasteiger partial charge >= 0.3 is 0 Å². The molecule has 0 unspecified atom stereocenters. The Balaban J connectivity index is 1.26. The van der Waals surface area contributed by atoms with Crippen LogP contribution in [0.2, 0.25) is 0 Å². The third kappa shape index (κ3) is 6.73. The van der Waals surface area contributed by atoms with Crippen molar-refractivity contribution < 1.29 is 29.9 Å². The van der Waals surface area contributed by atoms with Gasteiger partial charge in [-0.2, -0.15) is 0 Å². The van der Waals surface area contributed by atoms with Gasteiger partial charge in [0.25, 0.3) is 0 Å². The highest BCUT2D eigenvalue weighted by Crippen LogP contribution is 2.24. The summed E-state index contributed by atoms with van der Waals surface area (Å²) in [5.74, 6) is 0. The predicted molar refractivity (Wildman–Crippen MR) is 138 cm³/mol. The van der Waals surface area contributed by atoms with Crippen LogP contribution in [0.15, 0.2) is 48.5 Å². The van der Waals surface area contributed by atoms with E-state index < -0.39 is 60.8 Å². The van der Waals surface area contributed by atoms with Crippen LogP contribution in [0.1, 0.15) is 35.1 Å². The van der Waals surface area contributed by atoms with E-state index in [-0.39, 0.29) is 13.2 Å². The van der Waals surface area contributed by atoms with E-state index >= 15 is 0 Å². The largest absolute Gasteiger partial charge is 0.389 e. The minimum absolute atomic E-state index is 0.272. The molecule has 10 nitrogen and oxygen atoms in total. The van der Waals surface area contributed by atoms with Gasteiger partial charge in [0.05, 0.1) is 25.4 Å². The topological polar surface area (TPSA) is 203 Å². The molecule has 0 spiro atoms. The summed E-state index contributed by atoms with van der Waals surface area (Å²) in [6.07, 6.45) is -4.13. The van der Waals surface area contributed by atoms with Gasteiger partial charge in [0.15, 0.2) is 0 Å². The van der Waals surface area contributed by atoms with E-state index in [1.54, 1.807) is 0 Å². The van der Waals surface area contributed by atoms with Crippen molar-refractivity contribution in [3.8, 4) is 0 Å². The summed E-state index contributed by atoms with van der Waals surface area (Å²) in [6, 6.07) is 14.0. The van der Waals surface area contributed by atoms with Crippen LogP contribution in [0.5, 0.6) is 0 Å². The molecular weight excluding hydrogens is 476 g/mol. The first-order valence-corrected chi connectivity index (χ1v) is 12.8. The van der Waals surface area contributed by atoms with E-state index in [4.69, 9.17) is 32.4 Å². The lowest BCUT2D eigenvalue weighted by molar-refractivity contribution is -0.131. The molecule has 2 aliphatic carbocycles. The van der Waals surface area contributed by atoms with Gasteiger partial charge in [-0.15, -0.1) is 0 Å². The fourth-order valence-electron chi connectivity index (χ4n) is 5.15. The maximum absolute atomic E-state index is 10.3. The summed E-state index contributed by atoms with van der Waals surface area (Å²) < 4.78 is 11.7. The molecule has 2 fully saturated rings. The molecule has 0 aromatic heterocycles. The number of benzene rings is 2. The lowest BCUT2D eigenvalue weighted by Crippen LogP contribution is -2.61. The average Bonchev–Trinajstić information content (AvgIpc) is 2.88. The Hall–Kier alpha value is -1.96. The van der Waals surface area contributed by atoms with E-state index in [0.717, 1.165) is 28.7 Å². The van der Waals surface area contributed by atoms with Gasteiger partial charge in [0, 0.05) is 24.2 Å². The number of hydrogen-bond acceptors (Lipinski definition) is 10. The Morgan fingerprint density at radius 1 is 0.514 bits per heavy atom. The maximum atomic E-state index is 10.3. The summed E-state index contributed by atoms with van der Waals surface area (Å²) in [5, 5.41) is 40.5. The van der Waals surface area contributed by atoms with Crippen molar-refractivity contribution in [3.05, 3.63) is 70.8 Å². The zero-order chi connectivity index (χ0) is 26.7. The van der Waals surface area contributed by atoms with E-state index in [9.17, 15) is 20.4 Å². The summed E-state index contributed by atoms with van der Waals surface area (Å²) >= 11 is 0. The van der Waals surface area contributed by atoms with Gasteiger partial charge in [0.1, 0.15) is 24.4 Å². The van der Waals surface area contributed by atoms with Crippen LogP contribution in [0.4, 0.5) is 0 Å². The van der Waals surface area contributed by atoms with Crippen molar-refractivity contribution in [1.82, 2.24) is 0 Å². The van der Waals surface area contributed by atoms with Crippen LogP contribution in [0.25, 0.3) is 0 Å². The first kappa shape index (κ1) is 28.1. The second-order valence-electron chi connectivity index (χ2n) is 10.5. The maximum Gasteiger partial charge on any atom is 0.109 e. The van der Waals surface area contributed by atoms with Crippen LogP contribution in [0, 0.1) is 0 Å². The summed E-state index contributed by atoms with van der Waals surface area (Å²) in [5.41, 5.74) is 27.9. The van der Waals surface area contributed by atoms with Crippen LogP contribution >= 0.6 is 0 Å². The molecule has 2 aromatic carbocycles. The number of ether oxygens (including phenoxy) is 2. The third-order valence-electron chi connectivity index (χ3n) is 7.52. The van der Waals surface area contributed by atoms with Gasteiger partial charge in [-0.05, 0) is 41.5 Å².